The third kappa shape index (κ3) is 4.48. The van der Waals surface area contributed by atoms with Crippen LogP contribution < -0.4 is 0 Å². The number of rotatable bonds is 4. The van der Waals surface area contributed by atoms with Crippen molar-refractivity contribution < 1.29 is 4.42 Å². The molecule has 5 nitrogen and oxygen atoms in total. The lowest BCUT2D eigenvalue weighted by Crippen LogP contribution is -2.01. The van der Waals surface area contributed by atoms with Gasteiger partial charge in [-0.15, -0.1) is 0 Å². The zero-order valence-electron chi connectivity index (χ0n) is 26.2. The van der Waals surface area contributed by atoms with Crippen molar-refractivity contribution in [3.63, 3.8) is 0 Å². The maximum atomic E-state index is 6.27. The highest BCUT2D eigenvalue weighted by atomic mass is 16.3. The average Bonchev–Trinajstić information content (AvgIpc) is 3.57. The Labute approximate surface area is 281 Å². The molecule has 0 atom stereocenters. The van der Waals surface area contributed by atoms with E-state index in [1.807, 2.05) is 48.7 Å². The predicted octanol–water partition coefficient (Wildman–Crippen LogP) is 11.3. The van der Waals surface area contributed by atoms with Gasteiger partial charge in [-0.05, 0) is 57.6 Å². The van der Waals surface area contributed by atoms with Gasteiger partial charge in [0.1, 0.15) is 11.2 Å². The van der Waals surface area contributed by atoms with Crippen molar-refractivity contribution >= 4 is 54.4 Å². The fourth-order valence-corrected chi connectivity index (χ4v) is 7.09. The van der Waals surface area contributed by atoms with Gasteiger partial charge >= 0.3 is 0 Å². The highest BCUT2D eigenvalue weighted by Crippen LogP contribution is 2.39. The standard InChI is InChI=1S/C44H26N4O/c1-2-11-27(12-3-1)29-14-8-15-31(25-29)42-46-43(35-18-9-21-38-40(35)34-17-6-7-20-37(34)49-38)48-44(47-42)36-26-30-23-22-28-13-4-5-16-32(28)39(30)41-33(36)19-10-24-45-41/h1-26H. The monoisotopic (exact) mass is 626 g/mol. The van der Waals surface area contributed by atoms with Gasteiger partial charge in [0.25, 0.3) is 0 Å². The molecule has 0 amide bonds. The maximum Gasteiger partial charge on any atom is 0.164 e. The molecule has 3 aromatic heterocycles. The van der Waals surface area contributed by atoms with Crippen LogP contribution in [0.25, 0.3) is 99.7 Å². The largest absolute Gasteiger partial charge is 0.456 e. The topological polar surface area (TPSA) is 64.7 Å². The van der Waals surface area contributed by atoms with Gasteiger partial charge < -0.3 is 4.42 Å². The van der Waals surface area contributed by atoms with Crippen LogP contribution in [0.3, 0.4) is 0 Å². The molecule has 0 aliphatic heterocycles. The summed E-state index contributed by atoms with van der Waals surface area (Å²) in [6, 6.07) is 52.0. The molecule has 49 heavy (non-hydrogen) atoms. The van der Waals surface area contributed by atoms with Crippen molar-refractivity contribution in [2.24, 2.45) is 0 Å². The van der Waals surface area contributed by atoms with Gasteiger partial charge in [0.05, 0.1) is 5.52 Å². The number of hydrogen-bond acceptors (Lipinski definition) is 5. The van der Waals surface area contributed by atoms with Crippen LogP contribution in [-0.2, 0) is 0 Å². The molecule has 5 heteroatoms. The Kier molecular flexibility index (Phi) is 6.11. The summed E-state index contributed by atoms with van der Waals surface area (Å²) < 4.78 is 6.27. The van der Waals surface area contributed by atoms with Crippen LogP contribution in [-0.4, -0.2) is 19.9 Å². The molecular formula is C44H26N4O. The summed E-state index contributed by atoms with van der Waals surface area (Å²) in [5, 5.41) is 7.54. The smallest absolute Gasteiger partial charge is 0.164 e. The third-order valence-corrected chi connectivity index (χ3v) is 9.34. The Morgan fingerprint density at radius 3 is 1.98 bits per heavy atom. The first-order chi connectivity index (χ1) is 24.3. The Morgan fingerprint density at radius 1 is 0.388 bits per heavy atom. The van der Waals surface area contributed by atoms with Crippen molar-refractivity contribution in [1.29, 1.82) is 0 Å². The van der Waals surface area contributed by atoms with Gasteiger partial charge in [-0.3, -0.25) is 4.98 Å². The Morgan fingerprint density at radius 2 is 1.06 bits per heavy atom. The number of fused-ring (bicyclic) bond motifs is 8. The lowest BCUT2D eigenvalue weighted by Gasteiger charge is -2.14. The van der Waals surface area contributed by atoms with E-state index < -0.39 is 0 Å². The molecule has 0 saturated carbocycles. The Bertz CT molecular complexity index is 2890. The molecule has 0 aliphatic carbocycles. The Balaban J connectivity index is 1.27. The molecule has 228 valence electrons. The molecule has 0 unspecified atom stereocenters. The molecule has 3 heterocycles. The van der Waals surface area contributed by atoms with E-state index in [2.05, 4.69) is 109 Å². The van der Waals surface area contributed by atoms with E-state index in [1.54, 1.807) is 0 Å². The summed E-state index contributed by atoms with van der Waals surface area (Å²) in [4.78, 5) is 20.6. The average molecular weight is 627 g/mol. The van der Waals surface area contributed by atoms with Gasteiger partial charge in [0, 0.05) is 44.4 Å². The molecule has 7 aromatic carbocycles. The molecule has 0 aliphatic rings. The number of benzene rings is 7. The number of para-hydroxylation sites is 1. The number of hydrogen-bond donors (Lipinski definition) is 0. The van der Waals surface area contributed by atoms with Gasteiger partial charge in [0.2, 0.25) is 0 Å². The van der Waals surface area contributed by atoms with Crippen LogP contribution >= 0.6 is 0 Å². The molecule has 10 rings (SSSR count). The highest BCUT2D eigenvalue weighted by molar-refractivity contribution is 6.21. The van der Waals surface area contributed by atoms with Crippen molar-refractivity contribution in [2.45, 2.75) is 0 Å². The minimum Gasteiger partial charge on any atom is -0.456 e. The zero-order chi connectivity index (χ0) is 32.3. The number of nitrogens with zero attached hydrogens (tertiary/aromatic N) is 4. The Hall–Kier alpha value is -6.72. The van der Waals surface area contributed by atoms with E-state index in [1.165, 1.54) is 10.8 Å². The van der Waals surface area contributed by atoms with E-state index in [0.29, 0.717) is 17.5 Å². The quantitative estimate of drug-likeness (QED) is 0.182. The van der Waals surface area contributed by atoms with Gasteiger partial charge in [-0.25, -0.2) is 15.0 Å². The van der Waals surface area contributed by atoms with Crippen molar-refractivity contribution in [2.75, 3.05) is 0 Å². The van der Waals surface area contributed by atoms with Crippen molar-refractivity contribution in [3.8, 4) is 45.3 Å². The zero-order valence-corrected chi connectivity index (χ0v) is 26.2. The lowest BCUT2D eigenvalue weighted by atomic mass is 9.95. The normalized spacial score (nSPS) is 11.7. The lowest BCUT2D eigenvalue weighted by molar-refractivity contribution is 0.669. The first-order valence-corrected chi connectivity index (χ1v) is 16.3. The molecule has 0 bridgehead atoms. The number of pyridine rings is 1. The molecule has 10 aromatic rings. The predicted molar refractivity (Wildman–Crippen MR) is 199 cm³/mol. The SMILES string of the molecule is c1ccc(-c2cccc(-c3nc(-c4cc5ccc6ccccc6c5c5ncccc45)nc(-c4cccc5oc6ccccc6c45)n3)c2)cc1. The van der Waals surface area contributed by atoms with E-state index in [-0.39, 0.29) is 0 Å². The third-order valence-electron chi connectivity index (χ3n) is 9.34. The molecule has 0 radical (unpaired) electrons. The summed E-state index contributed by atoms with van der Waals surface area (Å²) in [6.45, 7) is 0. The highest BCUT2D eigenvalue weighted by Gasteiger charge is 2.20. The van der Waals surface area contributed by atoms with E-state index >= 15 is 0 Å². The fourth-order valence-electron chi connectivity index (χ4n) is 7.09. The van der Waals surface area contributed by atoms with E-state index in [0.717, 1.165) is 71.4 Å². The summed E-state index contributed by atoms with van der Waals surface area (Å²) in [5.41, 5.74) is 7.47. The second-order valence-corrected chi connectivity index (χ2v) is 12.2. The van der Waals surface area contributed by atoms with Crippen LogP contribution in [0.15, 0.2) is 162 Å². The second-order valence-electron chi connectivity index (χ2n) is 12.2. The van der Waals surface area contributed by atoms with Gasteiger partial charge in [0.15, 0.2) is 17.5 Å². The molecule has 0 saturated heterocycles. The van der Waals surface area contributed by atoms with Crippen LogP contribution in [0.5, 0.6) is 0 Å². The number of furan rings is 1. The van der Waals surface area contributed by atoms with Crippen molar-refractivity contribution in [1.82, 2.24) is 19.9 Å². The van der Waals surface area contributed by atoms with Gasteiger partial charge in [-0.2, -0.15) is 0 Å². The summed E-state index contributed by atoms with van der Waals surface area (Å²) in [7, 11) is 0. The van der Waals surface area contributed by atoms with Crippen molar-refractivity contribution in [3.05, 3.63) is 158 Å². The van der Waals surface area contributed by atoms with Crippen LogP contribution in [0.4, 0.5) is 0 Å². The summed E-state index contributed by atoms with van der Waals surface area (Å²) in [5.74, 6) is 1.76. The van der Waals surface area contributed by atoms with Crippen LogP contribution in [0.1, 0.15) is 0 Å². The van der Waals surface area contributed by atoms with Crippen LogP contribution in [0, 0.1) is 0 Å². The second kappa shape index (κ2) is 10.9. The first kappa shape index (κ1) is 27.4. The maximum absolute atomic E-state index is 6.27. The minimum atomic E-state index is 0.581. The molecular weight excluding hydrogens is 601 g/mol. The molecule has 0 spiro atoms. The summed E-state index contributed by atoms with van der Waals surface area (Å²) >= 11 is 0. The van der Waals surface area contributed by atoms with E-state index in [9.17, 15) is 0 Å². The minimum absolute atomic E-state index is 0.581. The van der Waals surface area contributed by atoms with Crippen LogP contribution in [0.2, 0.25) is 0 Å². The van der Waals surface area contributed by atoms with Gasteiger partial charge in [-0.1, -0.05) is 121 Å². The molecule has 0 fully saturated rings. The molecule has 0 N–H and O–H groups in total. The number of aromatic nitrogens is 4. The van der Waals surface area contributed by atoms with E-state index in [4.69, 9.17) is 24.4 Å². The first-order valence-electron chi connectivity index (χ1n) is 16.3. The fraction of sp³-hybridized carbons (Fsp3) is 0. The summed E-state index contributed by atoms with van der Waals surface area (Å²) in [6.07, 6.45) is 1.86.